The molecule has 0 bridgehead atoms. The molecule has 2 aliphatic heterocycles. The fourth-order valence-corrected chi connectivity index (χ4v) is 6.09. The van der Waals surface area contributed by atoms with Crippen LogP contribution >= 0.6 is 0 Å². The number of fused-ring (bicyclic) bond motifs is 2. The van der Waals surface area contributed by atoms with Crippen LogP contribution in [0.15, 0.2) is 79.1 Å². The van der Waals surface area contributed by atoms with Crippen LogP contribution in [0.4, 0.5) is 5.69 Å². The lowest BCUT2D eigenvalue weighted by Crippen LogP contribution is -2.43. The molecule has 2 aliphatic rings. The van der Waals surface area contributed by atoms with Gasteiger partial charge in [0.2, 0.25) is 0 Å². The van der Waals surface area contributed by atoms with Crippen molar-refractivity contribution in [2.24, 2.45) is 0 Å². The second-order valence-corrected chi connectivity index (χ2v) is 11.0. The van der Waals surface area contributed by atoms with Gasteiger partial charge in [0.15, 0.2) is 0 Å². The molecule has 1 N–H and O–H groups in total. The molecule has 2 aromatic heterocycles. The first-order valence-corrected chi connectivity index (χ1v) is 13.9. The van der Waals surface area contributed by atoms with E-state index in [-0.39, 0.29) is 0 Å². The maximum absolute atomic E-state index is 4.78. The lowest BCUT2D eigenvalue weighted by molar-refractivity contribution is 0.148. The van der Waals surface area contributed by atoms with E-state index in [9.17, 15) is 0 Å². The van der Waals surface area contributed by atoms with E-state index in [1.807, 2.05) is 0 Å². The minimum absolute atomic E-state index is 0.870. The smallest absolute Gasteiger partial charge is 0.141 e. The largest absolute Gasteiger partial charge is 0.363 e. The summed E-state index contributed by atoms with van der Waals surface area (Å²) in [5.74, 6) is 0. The summed E-state index contributed by atoms with van der Waals surface area (Å²) in [5, 5.41) is 1.05. The maximum Gasteiger partial charge on any atom is 0.141 e. The lowest BCUT2D eigenvalue weighted by atomic mass is 10.0. The van der Waals surface area contributed by atoms with Gasteiger partial charge in [-0.1, -0.05) is 60.7 Å². The van der Waals surface area contributed by atoms with Gasteiger partial charge in [0.1, 0.15) is 12.0 Å². The van der Waals surface area contributed by atoms with Crippen LogP contribution in [-0.4, -0.2) is 58.0 Å². The summed E-state index contributed by atoms with van der Waals surface area (Å²) in [5.41, 5.74) is 11.9. The van der Waals surface area contributed by atoms with Crippen LogP contribution in [0.1, 0.15) is 22.3 Å². The Hall–Kier alpha value is -4.00. The molecule has 0 radical (unpaired) electrons. The zero-order valence-corrected chi connectivity index (χ0v) is 22.7. The average molecular weight is 515 g/mol. The Labute approximate surface area is 229 Å². The van der Waals surface area contributed by atoms with E-state index >= 15 is 0 Å². The van der Waals surface area contributed by atoms with Crippen LogP contribution in [0.25, 0.3) is 33.5 Å². The van der Waals surface area contributed by atoms with E-state index in [4.69, 9.17) is 4.98 Å². The molecule has 0 amide bonds. The summed E-state index contributed by atoms with van der Waals surface area (Å²) < 4.78 is 0. The number of likely N-dealkylation sites (N-methyl/N-ethyl adjacent to an activating group) is 1. The van der Waals surface area contributed by atoms with Gasteiger partial charge < -0.3 is 14.8 Å². The van der Waals surface area contributed by atoms with Gasteiger partial charge in [0.05, 0.1) is 5.69 Å². The van der Waals surface area contributed by atoms with E-state index in [0.29, 0.717) is 0 Å². The number of aromatic nitrogens is 3. The summed E-state index contributed by atoms with van der Waals surface area (Å²) in [7, 11) is 2.20. The van der Waals surface area contributed by atoms with Gasteiger partial charge in [-0.05, 0) is 53.9 Å². The molecule has 196 valence electrons. The summed E-state index contributed by atoms with van der Waals surface area (Å²) in [6, 6.07) is 26.5. The molecule has 6 nitrogen and oxygen atoms in total. The first-order valence-electron chi connectivity index (χ1n) is 13.9. The summed E-state index contributed by atoms with van der Waals surface area (Å²) in [6.07, 6.45) is 1.68. The normalized spacial score (nSPS) is 16.2. The van der Waals surface area contributed by atoms with Crippen molar-refractivity contribution >= 4 is 16.7 Å². The molecule has 4 heterocycles. The van der Waals surface area contributed by atoms with E-state index in [0.717, 1.165) is 73.8 Å². The number of nitrogens with one attached hydrogen (secondary N) is 1. The van der Waals surface area contributed by atoms with Crippen LogP contribution in [0, 0.1) is 6.92 Å². The minimum atomic E-state index is 0.870. The molecule has 6 heteroatoms. The molecule has 39 heavy (non-hydrogen) atoms. The van der Waals surface area contributed by atoms with Crippen molar-refractivity contribution in [3.05, 3.63) is 101 Å². The Kier molecular flexibility index (Phi) is 6.14. The number of piperazine rings is 1. The highest BCUT2D eigenvalue weighted by molar-refractivity contribution is 5.95. The molecule has 1 saturated heterocycles. The number of H-pyrrole nitrogens is 1. The third kappa shape index (κ3) is 4.60. The number of benzene rings is 3. The van der Waals surface area contributed by atoms with Gasteiger partial charge in [-0.15, -0.1) is 0 Å². The van der Waals surface area contributed by atoms with E-state index < -0.39 is 0 Å². The highest BCUT2D eigenvalue weighted by Crippen LogP contribution is 2.37. The number of hydrogen-bond donors (Lipinski definition) is 1. The molecule has 0 saturated carbocycles. The molecule has 1 fully saturated rings. The number of nitrogens with zero attached hydrogens (tertiary/aromatic N) is 5. The van der Waals surface area contributed by atoms with Gasteiger partial charge in [-0.3, -0.25) is 4.90 Å². The van der Waals surface area contributed by atoms with Crippen molar-refractivity contribution in [2.45, 2.75) is 26.6 Å². The molecule has 5 aromatic rings. The highest BCUT2D eigenvalue weighted by atomic mass is 15.2. The molecular weight excluding hydrogens is 480 g/mol. The monoisotopic (exact) mass is 514 g/mol. The molecule has 7 rings (SSSR count). The topological polar surface area (TPSA) is 51.3 Å². The third-order valence-electron chi connectivity index (χ3n) is 8.43. The predicted molar refractivity (Wildman–Crippen MR) is 159 cm³/mol. The standard InChI is InChI=1S/C33H34N6/c1-23-28(8-5-9-31(23)39-20-26-6-3-4-7-27(26)21-39)32-29-18-30(36-33(29)35-22-34-32)25-12-10-24(11-13-25)19-38-16-14-37(2)15-17-38/h3-13,18,22H,14-17,19-21H2,1-2H3,(H,34,35,36). The van der Waals surface area contributed by atoms with Crippen LogP contribution in [0.3, 0.4) is 0 Å². The van der Waals surface area contributed by atoms with Gasteiger partial charge in [0.25, 0.3) is 0 Å². The van der Waals surface area contributed by atoms with Crippen molar-refractivity contribution in [3.8, 4) is 22.5 Å². The average Bonchev–Trinajstić information content (AvgIpc) is 3.59. The number of rotatable bonds is 5. The molecule has 0 aliphatic carbocycles. The molecule has 0 atom stereocenters. The van der Waals surface area contributed by atoms with Gasteiger partial charge in [-0.2, -0.15) is 0 Å². The molecule has 0 spiro atoms. The first-order chi connectivity index (χ1) is 19.1. The SMILES string of the molecule is Cc1c(-c2ncnc3[nH]c(-c4ccc(CN5CCN(C)CC5)cc4)cc23)cccc1N1Cc2ccccc2C1. The first kappa shape index (κ1) is 24.1. The summed E-state index contributed by atoms with van der Waals surface area (Å²) >= 11 is 0. The van der Waals surface area contributed by atoms with Gasteiger partial charge >= 0.3 is 0 Å². The highest BCUT2D eigenvalue weighted by Gasteiger charge is 2.22. The third-order valence-corrected chi connectivity index (χ3v) is 8.43. The van der Waals surface area contributed by atoms with E-state index in [1.54, 1.807) is 6.33 Å². The fraction of sp³-hybridized carbons (Fsp3) is 0.273. The van der Waals surface area contributed by atoms with Crippen molar-refractivity contribution < 1.29 is 0 Å². The Morgan fingerprint density at radius 2 is 1.56 bits per heavy atom. The molecule has 3 aromatic carbocycles. The zero-order chi connectivity index (χ0) is 26.3. The van der Waals surface area contributed by atoms with Crippen molar-refractivity contribution in [3.63, 3.8) is 0 Å². The van der Waals surface area contributed by atoms with Crippen LogP contribution < -0.4 is 4.90 Å². The minimum Gasteiger partial charge on any atom is -0.363 e. The number of aromatic amines is 1. The Morgan fingerprint density at radius 3 is 2.31 bits per heavy atom. The van der Waals surface area contributed by atoms with E-state index in [2.05, 4.69) is 111 Å². The van der Waals surface area contributed by atoms with Crippen LogP contribution in [0.2, 0.25) is 0 Å². The second kappa shape index (κ2) is 9.95. The van der Waals surface area contributed by atoms with Crippen molar-refractivity contribution in [2.75, 3.05) is 38.1 Å². The van der Waals surface area contributed by atoms with Crippen LogP contribution in [-0.2, 0) is 19.6 Å². The quantitative estimate of drug-likeness (QED) is 0.318. The second-order valence-electron chi connectivity index (χ2n) is 11.0. The Morgan fingerprint density at radius 1 is 0.821 bits per heavy atom. The van der Waals surface area contributed by atoms with E-state index in [1.165, 1.54) is 33.5 Å². The van der Waals surface area contributed by atoms with Crippen molar-refractivity contribution in [1.82, 2.24) is 24.8 Å². The zero-order valence-electron chi connectivity index (χ0n) is 22.7. The Bertz CT molecular complexity index is 1600. The summed E-state index contributed by atoms with van der Waals surface area (Å²) in [4.78, 5) is 20.3. The van der Waals surface area contributed by atoms with Gasteiger partial charge in [0, 0.05) is 68.1 Å². The number of anilines is 1. The number of hydrogen-bond acceptors (Lipinski definition) is 5. The lowest BCUT2D eigenvalue weighted by Gasteiger charge is -2.32. The van der Waals surface area contributed by atoms with Crippen molar-refractivity contribution in [1.29, 1.82) is 0 Å². The molecular formula is C33H34N6. The Balaban J connectivity index is 1.17. The summed E-state index contributed by atoms with van der Waals surface area (Å²) in [6.45, 7) is 9.66. The predicted octanol–water partition coefficient (Wildman–Crippen LogP) is 5.87. The van der Waals surface area contributed by atoms with Crippen LogP contribution in [0.5, 0.6) is 0 Å². The fourth-order valence-electron chi connectivity index (χ4n) is 6.09. The maximum atomic E-state index is 4.78. The molecule has 0 unspecified atom stereocenters. The van der Waals surface area contributed by atoms with Gasteiger partial charge in [-0.25, -0.2) is 9.97 Å².